The van der Waals surface area contributed by atoms with Crippen molar-refractivity contribution in [2.45, 2.75) is 37.1 Å². The molecule has 2 aromatic carbocycles. The summed E-state index contributed by atoms with van der Waals surface area (Å²) in [5.74, 6) is -0.129. The van der Waals surface area contributed by atoms with Crippen LogP contribution in [-0.2, 0) is 22.9 Å². The largest absolute Gasteiger partial charge is 0.348 e. The van der Waals surface area contributed by atoms with Gasteiger partial charge in [0, 0.05) is 31.0 Å². The SMILES string of the molecule is CC(C)S(=O)(=O)c1ccc(-c2ccc3cc(C(=O)NCc4ccc(CN(C)C)cc4)cn3c2)cc1. The molecule has 4 rings (SSSR count). The van der Waals surface area contributed by atoms with Crippen LogP contribution in [0.15, 0.2) is 84.0 Å². The summed E-state index contributed by atoms with van der Waals surface area (Å²) < 4.78 is 26.7. The average Bonchev–Trinajstić information content (AvgIpc) is 3.26. The van der Waals surface area contributed by atoms with Crippen LogP contribution >= 0.6 is 0 Å². The summed E-state index contributed by atoms with van der Waals surface area (Å²) in [7, 11) is 0.773. The lowest BCUT2D eigenvalue weighted by molar-refractivity contribution is 0.0951. The van der Waals surface area contributed by atoms with Gasteiger partial charge in [0.25, 0.3) is 5.91 Å². The summed E-state index contributed by atoms with van der Waals surface area (Å²) in [5.41, 5.74) is 5.62. The van der Waals surface area contributed by atoms with Crippen molar-refractivity contribution in [2.75, 3.05) is 14.1 Å². The van der Waals surface area contributed by atoms with Crippen molar-refractivity contribution in [3.8, 4) is 11.1 Å². The molecule has 0 aliphatic rings. The second kappa shape index (κ2) is 10.1. The number of amides is 1. The molecular weight excluding hydrogens is 458 g/mol. The molecule has 0 aliphatic heterocycles. The Morgan fingerprint density at radius 1 is 0.886 bits per heavy atom. The van der Waals surface area contributed by atoms with Crippen molar-refractivity contribution in [1.82, 2.24) is 14.6 Å². The van der Waals surface area contributed by atoms with Gasteiger partial charge < -0.3 is 14.6 Å². The topological polar surface area (TPSA) is 70.9 Å². The Kier molecular flexibility index (Phi) is 7.10. The number of aromatic nitrogens is 1. The number of hydrogen-bond donors (Lipinski definition) is 1. The maximum atomic E-state index is 12.8. The highest BCUT2D eigenvalue weighted by Gasteiger charge is 2.19. The Morgan fingerprint density at radius 2 is 1.51 bits per heavy atom. The van der Waals surface area contributed by atoms with E-state index in [9.17, 15) is 13.2 Å². The molecule has 1 amide bonds. The van der Waals surface area contributed by atoms with Gasteiger partial charge in [-0.1, -0.05) is 42.5 Å². The molecule has 0 bridgehead atoms. The molecule has 182 valence electrons. The Hall–Kier alpha value is -3.42. The van der Waals surface area contributed by atoms with E-state index in [1.165, 1.54) is 5.56 Å². The standard InChI is InChI=1S/C28H31N3O3S/c1-20(2)35(33,34)27-13-10-23(11-14-27)24-9-12-26-15-25(19-31(26)18-24)28(32)29-16-21-5-7-22(8-6-21)17-30(3)4/h5-15,18-20H,16-17H2,1-4H3,(H,29,32). The molecule has 1 N–H and O–H groups in total. The van der Waals surface area contributed by atoms with Gasteiger partial charge in [0.05, 0.1) is 15.7 Å². The first-order valence-corrected chi connectivity index (χ1v) is 13.1. The number of rotatable bonds is 8. The molecule has 0 aliphatic carbocycles. The molecule has 2 heterocycles. The average molecular weight is 490 g/mol. The number of fused-ring (bicyclic) bond motifs is 1. The highest BCUT2D eigenvalue weighted by molar-refractivity contribution is 7.92. The van der Waals surface area contributed by atoms with Crippen molar-refractivity contribution in [1.29, 1.82) is 0 Å². The van der Waals surface area contributed by atoms with Gasteiger partial charge in [0.1, 0.15) is 0 Å². The molecule has 7 heteroatoms. The zero-order chi connectivity index (χ0) is 25.2. The summed E-state index contributed by atoms with van der Waals surface area (Å²) in [6.07, 6.45) is 3.76. The van der Waals surface area contributed by atoms with Crippen molar-refractivity contribution >= 4 is 21.3 Å². The fourth-order valence-electron chi connectivity index (χ4n) is 3.93. The van der Waals surface area contributed by atoms with E-state index in [1.54, 1.807) is 26.0 Å². The summed E-state index contributed by atoms with van der Waals surface area (Å²) in [6.45, 7) is 4.70. The van der Waals surface area contributed by atoms with E-state index in [0.717, 1.165) is 28.8 Å². The summed E-state index contributed by atoms with van der Waals surface area (Å²) >= 11 is 0. The molecule has 6 nitrogen and oxygen atoms in total. The summed E-state index contributed by atoms with van der Waals surface area (Å²) in [5, 5.41) is 2.53. The third-order valence-corrected chi connectivity index (χ3v) is 8.14. The minimum absolute atomic E-state index is 0.129. The molecule has 0 saturated heterocycles. The van der Waals surface area contributed by atoms with E-state index in [0.29, 0.717) is 17.0 Å². The molecule has 0 fully saturated rings. The van der Waals surface area contributed by atoms with Crippen LogP contribution in [0.3, 0.4) is 0 Å². The van der Waals surface area contributed by atoms with Gasteiger partial charge in [-0.2, -0.15) is 0 Å². The number of nitrogens with zero attached hydrogens (tertiary/aromatic N) is 2. The first kappa shape index (κ1) is 24.7. The van der Waals surface area contributed by atoms with E-state index in [-0.39, 0.29) is 5.91 Å². The maximum absolute atomic E-state index is 12.8. The highest BCUT2D eigenvalue weighted by Crippen LogP contribution is 2.24. The Labute approximate surface area is 207 Å². The van der Waals surface area contributed by atoms with Crippen LogP contribution in [-0.4, -0.2) is 43.0 Å². The van der Waals surface area contributed by atoms with Crippen LogP contribution in [0.1, 0.15) is 35.3 Å². The highest BCUT2D eigenvalue weighted by atomic mass is 32.2. The van der Waals surface area contributed by atoms with Gasteiger partial charge in [0.15, 0.2) is 9.84 Å². The fraction of sp³-hybridized carbons (Fsp3) is 0.250. The van der Waals surface area contributed by atoms with Crippen molar-refractivity contribution < 1.29 is 13.2 Å². The smallest absolute Gasteiger partial charge is 0.253 e. The van der Waals surface area contributed by atoms with Crippen LogP contribution < -0.4 is 5.32 Å². The number of nitrogens with one attached hydrogen (secondary N) is 1. The normalized spacial score (nSPS) is 11.9. The minimum atomic E-state index is -3.30. The van der Waals surface area contributed by atoms with Crippen LogP contribution in [0, 0.1) is 0 Å². The second-order valence-corrected chi connectivity index (χ2v) is 11.8. The predicted molar refractivity (Wildman–Crippen MR) is 140 cm³/mol. The third kappa shape index (κ3) is 5.63. The number of carbonyl (C=O) groups excluding carboxylic acids is 1. The minimum Gasteiger partial charge on any atom is -0.348 e. The molecule has 0 spiro atoms. The molecule has 0 saturated carbocycles. The van der Waals surface area contributed by atoms with Crippen LogP contribution in [0.5, 0.6) is 0 Å². The van der Waals surface area contributed by atoms with Crippen LogP contribution in [0.4, 0.5) is 0 Å². The van der Waals surface area contributed by atoms with Gasteiger partial charge in [-0.15, -0.1) is 0 Å². The first-order valence-electron chi connectivity index (χ1n) is 11.6. The molecule has 2 aromatic heterocycles. The molecule has 4 aromatic rings. The molecule has 0 atom stereocenters. The molecular formula is C28H31N3O3S. The molecule has 0 radical (unpaired) electrons. The van der Waals surface area contributed by atoms with Crippen molar-refractivity contribution in [2.24, 2.45) is 0 Å². The number of hydrogen-bond acceptors (Lipinski definition) is 4. The van der Waals surface area contributed by atoms with Crippen molar-refractivity contribution in [3.63, 3.8) is 0 Å². The van der Waals surface area contributed by atoms with E-state index in [2.05, 4.69) is 22.3 Å². The Bertz CT molecular complexity index is 1440. The van der Waals surface area contributed by atoms with Gasteiger partial charge >= 0.3 is 0 Å². The van der Waals surface area contributed by atoms with Gasteiger partial charge in [-0.3, -0.25) is 4.79 Å². The van der Waals surface area contributed by atoms with E-state index in [4.69, 9.17) is 0 Å². The van der Waals surface area contributed by atoms with E-state index >= 15 is 0 Å². The quantitative estimate of drug-likeness (QED) is 0.387. The first-order chi connectivity index (χ1) is 16.6. The van der Waals surface area contributed by atoms with Crippen LogP contribution in [0.2, 0.25) is 0 Å². The fourth-order valence-corrected chi connectivity index (χ4v) is 4.99. The van der Waals surface area contributed by atoms with Gasteiger partial charge in [0.2, 0.25) is 0 Å². The zero-order valence-electron chi connectivity index (χ0n) is 20.5. The number of pyridine rings is 1. The van der Waals surface area contributed by atoms with Gasteiger partial charge in [-0.25, -0.2) is 8.42 Å². The number of benzene rings is 2. The van der Waals surface area contributed by atoms with E-state index < -0.39 is 15.1 Å². The lowest BCUT2D eigenvalue weighted by Crippen LogP contribution is -2.22. The second-order valence-electron chi connectivity index (χ2n) is 9.33. The monoisotopic (exact) mass is 489 g/mol. The number of sulfone groups is 1. The number of carbonyl (C=O) groups is 1. The Balaban J connectivity index is 1.46. The van der Waals surface area contributed by atoms with E-state index in [1.807, 2.05) is 73.4 Å². The van der Waals surface area contributed by atoms with Crippen molar-refractivity contribution in [3.05, 3.63) is 95.8 Å². The third-order valence-electron chi connectivity index (χ3n) is 5.97. The summed E-state index contributed by atoms with van der Waals surface area (Å²) in [4.78, 5) is 15.2. The van der Waals surface area contributed by atoms with Crippen LogP contribution in [0.25, 0.3) is 16.6 Å². The summed E-state index contributed by atoms with van der Waals surface area (Å²) in [6, 6.07) is 21.0. The predicted octanol–water partition coefficient (Wildman–Crippen LogP) is 4.78. The molecule has 35 heavy (non-hydrogen) atoms. The zero-order valence-corrected chi connectivity index (χ0v) is 21.3. The van der Waals surface area contributed by atoms with Gasteiger partial charge in [-0.05, 0) is 74.5 Å². The lowest BCUT2D eigenvalue weighted by Gasteiger charge is -2.10. The Morgan fingerprint density at radius 3 is 2.14 bits per heavy atom. The lowest BCUT2D eigenvalue weighted by atomic mass is 10.1. The molecule has 0 unspecified atom stereocenters. The maximum Gasteiger partial charge on any atom is 0.253 e.